The van der Waals surface area contributed by atoms with Gasteiger partial charge in [0.1, 0.15) is 0 Å². The maximum absolute atomic E-state index is 4.21. The van der Waals surface area contributed by atoms with Crippen molar-refractivity contribution in [2.24, 2.45) is 0 Å². The molecule has 2 nitrogen and oxygen atoms in total. The summed E-state index contributed by atoms with van der Waals surface area (Å²) in [6.07, 6.45) is 5.95. The zero-order chi connectivity index (χ0) is 7.84. The van der Waals surface area contributed by atoms with Crippen LogP contribution in [-0.2, 0) is 0 Å². The quantitative estimate of drug-likeness (QED) is 0.633. The van der Waals surface area contributed by atoms with Crippen molar-refractivity contribution in [2.75, 3.05) is 0 Å². The number of hydrogen-bond acceptors (Lipinski definition) is 2. The summed E-state index contributed by atoms with van der Waals surface area (Å²) in [4.78, 5) is 6.60. The smallest absolute Gasteiger partial charge is 0.194 e. The fourth-order valence-corrected chi connectivity index (χ4v) is 2.15. The molecule has 2 heterocycles. The van der Waals surface area contributed by atoms with E-state index in [9.17, 15) is 0 Å². The fraction of sp³-hybridized carbons (Fsp3) is 0.250. The molecule has 0 aliphatic heterocycles. The van der Waals surface area contributed by atoms with Crippen molar-refractivity contribution in [1.29, 1.82) is 0 Å². The van der Waals surface area contributed by atoms with Gasteiger partial charge in [-0.05, 0) is 13.3 Å². The van der Waals surface area contributed by atoms with E-state index in [0.717, 1.165) is 4.96 Å². The molecule has 0 amide bonds. The van der Waals surface area contributed by atoms with Crippen LogP contribution in [0.1, 0.15) is 17.5 Å². The first kappa shape index (κ1) is 6.85. The number of imidazole rings is 1. The number of fused-ring (bicyclic) bond motifs is 1. The second-order valence-corrected chi connectivity index (χ2v) is 3.43. The van der Waals surface area contributed by atoms with Crippen molar-refractivity contribution in [2.45, 2.75) is 13.8 Å². The van der Waals surface area contributed by atoms with Gasteiger partial charge in [0, 0.05) is 23.0 Å². The molecule has 0 unspecified atom stereocenters. The lowest BCUT2D eigenvalue weighted by molar-refractivity contribution is 1.11. The molecule has 0 N–H and O–H groups in total. The van der Waals surface area contributed by atoms with Crippen molar-refractivity contribution in [3.8, 4) is 0 Å². The van der Waals surface area contributed by atoms with Gasteiger partial charge < -0.3 is 0 Å². The van der Waals surface area contributed by atoms with Crippen molar-refractivity contribution >= 4 is 16.3 Å². The molecule has 2 aromatic rings. The van der Waals surface area contributed by atoms with Gasteiger partial charge >= 0.3 is 0 Å². The van der Waals surface area contributed by atoms with E-state index in [1.54, 1.807) is 11.3 Å². The monoisotopic (exact) mass is 165 g/mol. The van der Waals surface area contributed by atoms with E-state index < -0.39 is 0 Å². The summed E-state index contributed by atoms with van der Waals surface area (Å²) in [7, 11) is 0. The van der Waals surface area contributed by atoms with E-state index in [1.807, 2.05) is 12.4 Å². The number of thiazole rings is 1. The summed E-state index contributed by atoms with van der Waals surface area (Å²) in [5.41, 5.74) is 1.28. The molecule has 0 spiro atoms. The summed E-state index contributed by atoms with van der Waals surface area (Å²) in [6, 6.07) is 0. The molecule has 0 aromatic carbocycles. The van der Waals surface area contributed by atoms with E-state index >= 15 is 0 Å². The SMILES string of the molecule is C[CH]c1sc2nccn2c1C. The third-order valence-electron chi connectivity index (χ3n) is 1.79. The summed E-state index contributed by atoms with van der Waals surface area (Å²) in [5.74, 6) is 0. The minimum Gasteiger partial charge on any atom is -0.295 e. The average Bonchev–Trinajstić information content (AvgIpc) is 2.53. The zero-order valence-electron chi connectivity index (χ0n) is 6.53. The van der Waals surface area contributed by atoms with Gasteiger partial charge in [-0.2, -0.15) is 0 Å². The van der Waals surface area contributed by atoms with Gasteiger partial charge in [-0.1, -0.05) is 6.92 Å². The number of hydrogen-bond donors (Lipinski definition) is 0. The Morgan fingerprint density at radius 3 is 3.09 bits per heavy atom. The molecule has 0 saturated heterocycles. The Bertz CT molecular complexity index is 372. The van der Waals surface area contributed by atoms with Gasteiger partial charge in [0.05, 0.1) is 0 Å². The summed E-state index contributed by atoms with van der Waals surface area (Å²) in [6.45, 7) is 4.17. The summed E-state index contributed by atoms with van der Waals surface area (Å²) < 4.78 is 2.11. The van der Waals surface area contributed by atoms with Crippen LogP contribution in [0.25, 0.3) is 4.96 Å². The van der Waals surface area contributed by atoms with Gasteiger partial charge in [0.25, 0.3) is 0 Å². The number of rotatable bonds is 1. The minimum atomic E-state index is 1.08. The predicted molar refractivity (Wildman–Crippen MR) is 46.9 cm³/mol. The number of nitrogens with zero attached hydrogens (tertiary/aromatic N) is 2. The van der Waals surface area contributed by atoms with Gasteiger partial charge in [-0.3, -0.25) is 4.40 Å². The Hall–Kier alpha value is -0.830. The molecular formula is C8H9N2S. The normalized spacial score (nSPS) is 11.1. The maximum Gasteiger partial charge on any atom is 0.194 e. The molecule has 0 aliphatic rings. The molecule has 0 aliphatic carbocycles. The van der Waals surface area contributed by atoms with E-state index in [2.05, 4.69) is 29.7 Å². The highest BCUT2D eigenvalue weighted by Gasteiger charge is 2.05. The van der Waals surface area contributed by atoms with Crippen LogP contribution in [0, 0.1) is 13.3 Å². The van der Waals surface area contributed by atoms with E-state index in [4.69, 9.17) is 0 Å². The van der Waals surface area contributed by atoms with Crippen LogP contribution in [-0.4, -0.2) is 9.38 Å². The van der Waals surface area contributed by atoms with E-state index in [0.29, 0.717) is 0 Å². The molecule has 11 heavy (non-hydrogen) atoms. The molecule has 2 rings (SSSR count). The third kappa shape index (κ3) is 0.878. The molecule has 57 valence electrons. The Balaban J connectivity index is 2.76. The number of aromatic nitrogens is 2. The maximum atomic E-state index is 4.21. The molecule has 3 heteroatoms. The Morgan fingerprint density at radius 2 is 2.45 bits per heavy atom. The lowest BCUT2D eigenvalue weighted by Gasteiger charge is -1.90. The molecule has 0 bridgehead atoms. The van der Waals surface area contributed by atoms with Crippen LogP contribution in [0.2, 0.25) is 0 Å². The average molecular weight is 165 g/mol. The number of aryl methyl sites for hydroxylation is 1. The lowest BCUT2D eigenvalue weighted by atomic mass is 10.3. The second-order valence-electron chi connectivity index (χ2n) is 2.42. The first-order valence-corrected chi connectivity index (χ1v) is 4.36. The van der Waals surface area contributed by atoms with Crippen LogP contribution in [0.4, 0.5) is 0 Å². The fourth-order valence-electron chi connectivity index (χ4n) is 1.18. The first-order chi connectivity index (χ1) is 5.33. The highest BCUT2D eigenvalue weighted by molar-refractivity contribution is 7.17. The van der Waals surface area contributed by atoms with Crippen molar-refractivity contribution in [3.63, 3.8) is 0 Å². The summed E-state index contributed by atoms with van der Waals surface area (Å²) in [5, 5.41) is 0. The Labute approximate surface area is 69.5 Å². The molecule has 1 radical (unpaired) electrons. The van der Waals surface area contributed by atoms with Crippen LogP contribution >= 0.6 is 11.3 Å². The van der Waals surface area contributed by atoms with Crippen LogP contribution < -0.4 is 0 Å². The highest BCUT2D eigenvalue weighted by Crippen LogP contribution is 2.22. The highest BCUT2D eigenvalue weighted by atomic mass is 32.1. The summed E-state index contributed by atoms with van der Waals surface area (Å²) >= 11 is 1.73. The molecule has 0 fully saturated rings. The first-order valence-electron chi connectivity index (χ1n) is 3.54. The lowest BCUT2D eigenvalue weighted by Crippen LogP contribution is -1.82. The van der Waals surface area contributed by atoms with Crippen molar-refractivity contribution in [3.05, 3.63) is 29.4 Å². The molecule has 0 atom stereocenters. The van der Waals surface area contributed by atoms with Gasteiger partial charge in [-0.15, -0.1) is 11.3 Å². The van der Waals surface area contributed by atoms with Gasteiger partial charge in [0.15, 0.2) is 4.96 Å². The molecular weight excluding hydrogens is 156 g/mol. The van der Waals surface area contributed by atoms with Crippen LogP contribution in [0.3, 0.4) is 0 Å². The van der Waals surface area contributed by atoms with Crippen LogP contribution in [0.5, 0.6) is 0 Å². The van der Waals surface area contributed by atoms with Crippen molar-refractivity contribution in [1.82, 2.24) is 9.38 Å². The molecule has 0 saturated carbocycles. The molecule has 2 aromatic heterocycles. The van der Waals surface area contributed by atoms with Gasteiger partial charge in [-0.25, -0.2) is 4.98 Å². The topological polar surface area (TPSA) is 17.3 Å². The second kappa shape index (κ2) is 2.34. The van der Waals surface area contributed by atoms with E-state index in [-0.39, 0.29) is 0 Å². The third-order valence-corrected chi connectivity index (χ3v) is 3.02. The minimum absolute atomic E-state index is 1.08. The zero-order valence-corrected chi connectivity index (χ0v) is 7.35. The Kier molecular flexibility index (Phi) is 1.46. The van der Waals surface area contributed by atoms with Crippen LogP contribution in [0.15, 0.2) is 12.4 Å². The largest absolute Gasteiger partial charge is 0.295 e. The predicted octanol–water partition coefficient (Wildman–Crippen LogP) is 2.28. The van der Waals surface area contributed by atoms with E-state index in [1.165, 1.54) is 10.6 Å². The van der Waals surface area contributed by atoms with Gasteiger partial charge in [0.2, 0.25) is 0 Å². The standard InChI is InChI=1S/C8H9N2S/c1-3-7-6(2)10-5-4-9-8(10)11-7/h3-5H,1-2H3. The Morgan fingerprint density at radius 1 is 1.64 bits per heavy atom. The van der Waals surface area contributed by atoms with Crippen molar-refractivity contribution < 1.29 is 0 Å².